The molecule has 0 fully saturated rings. The summed E-state index contributed by atoms with van der Waals surface area (Å²) in [6.45, 7) is 1.64. The van der Waals surface area contributed by atoms with Crippen molar-refractivity contribution in [2.45, 2.75) is 19.6 Å². The summed E-state index contributed by atoms with van der Waals surface area (Å²) in [5.41, 5.74) is 0.618. The van der Waals surface area contributed by atoms with Crippen LogP contribution in [-0.4, -0.2) is 35.0 Å². The Morgan fingerprint density at radius 1 is 1.11 bits per heavy atom. The molecule has 3 aromatic rings. The van der Waals surface area contributed by atoms with Crippen LogP contribution in [0.15, 0.2) is 60.7 Å². The number of fused-ring (bicyclic) bond motifs is 1. The van der Waals surface area contributed by atoms with E-state index in [-0.39, 0.29) is 23.7 Å². The number of ether oxygens (including phenoxy) is 1. The third kappa shape index (κ3) is 4.11. The Hall–Kier alpha value is -3.41. The summed E-state index contributed by atoms with van der Waals surface area (Å²) in [7, 11) is 1.55. The van der Waals surface area contributed by atoms with Gasteiger partial charge in [-0.15, -0.1) is 0 Å². The zero-order chi connectivity index (χ0) is 20.3. The molecule has 0 heterocycles. The van der Waals surface area contributed by atoms with Crippen molar-refractivity contribution in [3.63, 3.8) is 0 Å². The number of nitrogens with zero attached hydrogens (tertiary/aromatic N) is 1. The molecule has 1 unspecified atom stereocenters. The molecule has 5 nitrogen and oxygen atoms in total. The van der Waals surface area contributed by atoms with Crippen molar-refractivity contribution in [3.8, 4) is 5.75 Å². The van der Waals surface area contributed by atoms with Crippen LogP contribution < -0.4 is 0 Å². The molecule has 1 N–H and O–H groups in total. The van der Waals surface area contributed by atoms with E-state index in [2.05, 4.69) is 0 Å². The molecule has 0 aliphatic rings. The molecule has 6 heteroatoms. The van der Waals surface area contributed by atoms with Crippen LogP contribution in [0.4, 0.5) is 4.39 Å². The minimum Gasteiger partial charge on any atom is -0.506 e. The van der Waals surface area contributed by atoms with Gasteiger partial charge in [-0.2, -0.15) is 0 Å². The van der Waals surface area contributed by atoms with Crippen molar-refractivity contribution in [2.24, 2.45) is 0 Å². The lowest BCUT2D eigenvalue weighted by atomic mass is 10.1. The Morgan fingerprint density at radius 3 is 2.61 bits per heavy atom. The molecular weight excluding hydrogens is 361 g/mol. The second kappa shape index (κ2) is 8.08. The number of likely N-dealkylation sites (N-methyl/N-ethyl adjacent to an activating group) is 1. The van der Waals surface area contributed by atoms with Crippen molar-refractivity contribution in [1.29, 1.82) is 0 Å². The maximum atomic E-state index is 13.3. The predicted octanol–water partition coefficient (Wildman–Crippen LogP) is 3.89. The lowest BCUT2D eigenvalue weighted by Gasteiger charge is -2.22. The van der Waals surface area contributed by atoms with Crippen molar-refractivity contribution >= 4 is 22.6 Å². The van der Waals surface area contributed by atoms with Crippen LogP contribution in [0.5, 0.6) is 5.75 Å². The Labute approximate surface area is 162 Å². The molecule has 1 amide bonds. The number of hydrogen-bond donors (Lipinski definition) is 1. The van der Waals surface area contributed by atoms with Gasteiger partial charge in [-0.1, -0.05) is 42.5 Å². The van der Waals surface area contributed by atoms with Gasteiger partial charge in [0.2, 0.25) is 0 Å². The van der Waals surface area contributed by atoms with E-state index in [0.717, 1.165) is 5.39 Å². The van der Waals surface area contributed by atoms with Gasteiger partial charge in [0.1, 0.15) is 17.1 Å². The molecule has 0 aliphatic carbocycles. The van der Waals surface area contributed by atoms with Gasteiger partial charge >= 0.3 is 5.97 Å². The van der Waals surface area contributed by atoms with Gasteiger partial charge in [-0.05, 0) is 36.1 Å². The number of esters is 1. The SMILES string of the molecule is CC(OC(=O)c1ccc2ccccc2c1O)C(=O)N(C)Cc1cccc(F)c1. The van der Waals surface area contributed by atoms with Gasteiger partial charge in [-0.3, -0.25) is 4.79 Å². The maximum Gasteiger partial charge on any atom is 0.342 e. The normalized spacial score (nSPS) is 11.8. The molecule has 3 rings (SSSR count). The minimum absolute atomic E-state index is 0.00821. The Bertz CT molecular complexity index is 1030. The van der Waals surface area contributed by atoms with E-state index in [0.29, 0.717) is 10.9 Å². The van der Waals surface area contributed by atoms with Crippen LogP contribution in [0.3, 0.4) is 0 Å². The quantitative estimate of drug-likeness (QED) is 0.681. The number of aromatic hydroxyl groups is 1. The van der Waals surface area contributed by atoms with E-state index in [1.54, 1.807) is 37.4 Å². The standard InChI is InChI=1S/C22H20FNO4/c1-14(21(26)24(2)13-15-6-5-8-17(23)12-15)28-22(27)19-11-10-16-7-3-4-9-18(16)20(19)25/h3-12,14,25H,13H2,1-2H3. The Kier molecular flexibility index (Phi) is 5.59. The minimum atomic E-state index is -1.06. The van der Waals surface area contributed by atoms with Crippen LogP contribution >= 0.6 is 0 Å². The number of phenols is 1. The highest BCUT2D eigenvalue weighted by atomic mass is 19.1. The number of rotatable bonds is 5. The third-order valence-electron chi connectivity index (χ3n) is 4.44. The summed E-state index contributed by atoms with van der Waals surface area (Å²) in [5, 5.41) is 11.7. The number of benzene rings is 3. The first-order valence-corrected chi connectivity index (χ1v) is 8.78. The lowest BCUT2D eigenvalue weighted by Crippen LogP contribution is -2.37. The number of hydrogen-bond acceptors (Lipinski definition) is 4. The van der Waals surface area contributed by atoms with E-state index in [1.165, 1.54) is 30.0 Å². The highest BCUT2D eigenvalue weighted by Crippen LogP contribution is 2.29. The highest BCUT2D eigenvalue weighted by Gasteiger charge is 2.24. The second-order valence-electron chi connectivity index (χ2n) is 6.55. The van der Waals surface area contributed by atoms with Crippen LogP contribution in [0.2, 0.25) is 0 Å². The molecule has 0 spiro atoms. The average molecular weight is 381 g/mol. The molecule has 144 valence electrons. The van der Waals surface area contributed by atoms with Crippen molar-refractivity contribution in [2.75, 3.05) is 7.05 Å². The average Bonchev–Trinajstić information content (AvgIpc) is 2.67. The molecule has 0 radical (unpaired) electrons. The van der Waals surface area contributed by atoms with Gasteiger partial charge in [0.25, 0.3) is 5.91 Å². The molecule has 3 aromatic carbocycles. The monoisotopic (exact) mass is 381 g/mol. The van der Waals surface area contributed by atoms with E-state index < -0.39 is 18.0 Å². The molecule has 0 aliphatic heterocycles. The number of carbonyl (C=O) groups excluding carboxylic acids is 2. The van der Waals surface area contributed by atoms with Crippen molar-refractivity contribution in [1.82, 2.24) is 4.90 Å². The van der Waals surface area contributed by atoms with E-state index in [1.807, 2.05) is 12.1 Å². The molecule has 28 heavy (non-hydrogen) atoms. The lowest BCUT2D eigenvalue weighted by molar-refractivity contribution is -0.139. The van der Waals surface area contributed by atoms with Crippen LogP contribution in [0, 0.1) is 5.82 Å². The smallest absolute Gasteiger partial charge is 0.342 e. The molecule has 0 aromatic heterocycles. The predicted molar refractivity (Wildman–Crippen MR) is 103 cm³/mol. The first kappa shape index (κ1) is 19.4. The number of phenolic OH excluding ortho intramolecular Hbond substituents is 1. The molecule has 0 saturated carbocycles. The summed E-state index contributed by atoms with van der Waals surface area (Å²) in [6.07, 6.45) is -1.06. The molecular formula is C22H20FNO4. The zero-order valence-electron chi connectivity index (χ0n) is 15.6. The summed E-state index contributed by atoms with van der Waals surface area (Å²) in [5.74, 6) is -1.79. The van der Waals surface area contributed by atoms with Crippen molar-refractivity contribution < 1.29 is 23.8 Å². The van der Waals surface area contributed by atoms with Gasteiger partial charge < -0.3 is 14.7 Å². The van der Waals surface area contributed by atoms with Gasteiger partial charge in [0.05, 0.1) is 0 Å². The van der Waals surface area contributed by atoms with Gasteiger partial charge in [0, 0.05) is 19.0 Å². The summed E-state index contributed by atoms with van der Waals surface area (Å²) >= 11 is 0. The summed E-state index contributed by atoms with van der Waals surface area (Å²) in [6, 6.07) is 16.2. The second-order valence-corrected chi connectivity index (χ2v) is 6.55. The number of amides is 1. The van der Waals surface area contributed by atoms with Crippen LogP contribution in [0.1, 0.15) is 22.8 Å². The fourth-order valence-electron chi connectivity index (χ4n) is 2.99. The maximum absolute atomic E-state index is 13.3. The number of carbonyl (C=O) groups is 2. The molecule has 1 atom stereocenters. The summed E-state index contributed by atoms with van der Waals surface area (Å²) in [4.78, 5) is 26.3. The van der Waals surface area contributed by atoms with Crippen molar-refractivity contribution in [3.05, 3.63) is 77.6 Å². The molecule has 0 saturated heterocycles. The summed E-state index contributed by atoms with van der Waals surface area (Å²) < 4.78 is 18.5. The highest BCUT2D eigenvalue weighted by molar-refractivity contribution is 6.01. The third-order valence-corrected chi connectivity index (χ3v) is 4.44. The fourth-order valence-corrected chi connectivity index (χ4v) is 2.99. The first-order valence-electron chi connectivity index (χ1n) is 8.78. The molecule has 0 bridgehead atoms. The first-order chi connectivity index (χ1) is 13.4. The van der Waals surface area contributed by atoms with Crippen LogP contribution in [-0.2, 0) is 16.1 Å². The zero-order valence-corrected chi connectivity index (χ0v) is 15.6. The largest absolute Gasteiger partial charge is 0.506 e. The van der Waals surface area contributed by atoms with Crippen LogP contribution in [0.25, 0.3) is 10.8 Å². The van der Waals surface area contributed by atoms with E-state index >= 15 is 0 Å². The van der Waals surface area contributed by atoms with E-state index in [4.69, 9.17) is 4.74 Å². The topological polar surface area (TPSA) is 66.8 Å². The fraction of sp³-hybridized carbons (Fsp3) is 0.182. The van der Waals surface area contributed by atoms with Gasteiger partial charge in [-0.25, -0.2) is 9.18 Å². The number of halogens is 1. The van der Waals surface area contributed by atoms with E-state index in [9.17, 15) is 19.1 Å². The Balaban J connectivity index is 1.69. The Morgan fingerprint density at radius 2 is 1.86 bits per heavy atom. The van der Waals surface area contributed by atoms with Gasteiger partial charge in [0.15, 0.2) is 6.10 Å².